The van der Waals surface area contributed by atoms with Gasteiger partial charge in [0.1, 0.15) is 11.9 Å². The third-order valence-corrected chi connectivity index (χ3v) is 2.66. The standard InChI is InChI=1S/C10H9BrO3/c11-7-1-2-9-6(3-7)4-8(14-9)5-10(12)13/h1-3,8H,4-5H2,(H,12,13)/t8-/m0/s1. The third kappa shape index (κ3) is 1.90. The minimum absolute atomic E-state index is 0.0618. The lowest BCUT2D eigenvalue weighted by atomic mass is 10.1. The zero-order chi connectivity index (χ0) is 10.1. The van der Waals surface area contributed by atoms with Crippen LogP contribution in [0.4, 0.5) is 0 Å². The minimum atomic E-state index is -0.818. The Morgan fingerprint density at radius 3 is 3.14 bits per heavy atom. The van der Waals surface area contributed by atoms with E-state index in [2.05, 4.69) is 15.9 Å². The lowest BCUT2D eigenvalue weighted by Gasteiger charge is -2.06. The molecule has 74 valence electrons. The highest BCUT2D eigenvalue weighted by Gasteiger charge is 2.24. The number of carboxylic acids is 1. The molecule has 4 heteroatoms. The highest BCUT2D eigenvalue weighted by atomic mass is 79.9. The van der Waals surface area contributed by atoms with Crippen molar-refractivity contribution in [2.24, 2.45) is 0 Å². The largest absolute Gasteiger partial charge is 0.489 e. The van der Waals surface area contributed by atoms with E-state index in [-0.39, 0.29) is 12.5 Å². The number of carboxylic acid groups (broad SMARTS) is 1. The van der Waals surface area contributed by atoms with Crippen molar-refractivity contribution in [3.8, 4) is 5.75 Å². The summed E-state index contributed by atoms with van der Waals surface area (Å²) in [5, 5.41) is 8.62. The molecule has 1 N–H and O–H groups in total. The normalized spacial score (nSPS) is 18.8. The van der Waals surface area contributed by atoms with E-state index in [1.807, 2.05) is 18.2 Å². The maximum atomic E-state index is 10.5. The van der Waals surface area contributed by atoms with E-state index >= 15 is 0 Å². The summed E-state index contributed by atoms with van der Waals surface area (Å²) in [4.78, 5) is 10.5. The Kier molecular flexibility index (Phi) is 2.46. The van der Waals surface area contributed by atoms with Gasteiger partial charge in [0.15, 0.2) is 0 Å². The summed E-state index contributed by atoms with van der Waals surface area (Å²) in [5.41, 5.74) is 1.07. The predicted molar refractivity (Wildman–Crippen MR) is 54.5 cm³/mol. The predicted octanol–water partition coefficient (Wildman–Crippen LogP) is 2.23. The van der Waals surface area contributed by atoms with Crippen LogP contribution in [0, 0.1) is 0 Å². The van der Waals surface area contributed by atoms with Crippen LogP contribution in [-0.4, -0.2) is 17.2 Å². The smallest absolute Gasteiger partial charge is 0.307 e. The number of benzene rings is 1. The molecule has 0 amide bonds. The Morgan fingerprint density at radius 2 is 2.43 bits per heavy atom. The summed E-state index contributed by atoms with van der Waals surface area (Å²) in [6, 6.07) is 5.72. The molecular formula is C10H9BrO3. The van der Waals surface area contributed by atoms with Crippen molar-refractivity contribution in [2.45, 2.75) is 18.9 Å². The van der Waals surface area contributed by atoms with Crippen LogP contribution in [0.15, 0.2) is 22.7 Å². The quantitative estimate of drug-likeness (QED) is 0.883. The van der Waals surface area contributed by atoms with Gasteiger partial charge in [0.25, 0.3) is 0 Å². The molecule has 2 rings (SSSR count). The summed E-state index contributed by atoms with van der Waals surface area (Å²) < 4.78 is 6.47. The monoisotopic (exact) mass is 256 g/mol. The van der Waals surface area contributed by atoms with Crippen LogP contribution in [0.2, 0.25) is 0 Å². The molecule has 1 heterocycles. The Hall–Kier alpha value is -1.03. The fraction of sp³-hybridized carbons (Fsp3) is 0.300. The van der Waals surface area contributed by atoms with Gasteiger partial charge in [0.05, 0.1) is 6.42 Å². The molecule has 0 spiro atoms. The van der Waals surface area contributed by atoms with Crippen molar-refractivity contribution < 1.29 is 14.6 Å². The highest BCUT2D eigenvalue weighted by molar-refractivity contribution is 9.10. The maximum absolute atomic E-state index is 10.5. The van der Waals surface area contributed by atoms with Gasteiger partial charge in [-0.25, -0.2) is 0 Å². The first-order valence-corrected chi connectivity index (χ1v) is 5.11. The van der Waals surface area contributed by atoms with Crippen molar-refractivity contribution >= 4 is 21.9 Å². The second kappa shape index (κ2) is 3.61. The van der Waals surface area contributed by atoms with Crippen LogP contribution < -0.4 is 4.74 Å². The van der Waals surface area contributed by atoms with Gasteiger partial charge in [-0.05, 0) is 23.8 Å². The average molecular weight is 257 g/mol. The SMILES string of the molecule is O=C(O)C[C@@H]1Cc2cc(Br)ccc2O1. The summed E-state index contributed by atoms with van der Waals surface area (Å²) in [5.74, 6) is -0.0127. The summed E-state index contributed by atoms with van der Waals surface area (Å²) >= 11 is 3.36. The van der Waals surface area contributed by atoms with Gasteiger partial charge in [0, 0.05) is 10.9 Å². The van der Waals surface area contributed by atoms with Crippen molar-refractivity contribution in [1.29, 1.82) is 0 Å². The zero-order valence-corrected chi connectivity index (χ0v) is 8.95. The van der Waals surface area contributed by atoms with Gasteiger partial charge in [-0.1, -0.05) is 15.9 Å². The fourth-order valence-electron chi connectivity index (χ4n) is 1.60. The number of hydrogen-bond donors (Lipinski definition) is 1. The molecule has 0 radical (unpaired) electrons. The van der Waals surface area contributed by atoms with Gasteiger partial charge in [-0.15, -0.1) is 0 Å². The Bertz CT molecular complexity index is 376. The molecule has 3 nitrogen and oxygen atoms in total. The van der Waals surface area contributed by atoms with Gasteiger partial charge in [-0.2, -0.15) is 0 Å². The number of carbonyl (C=O) groups is 1. The molecule has 0 aliphatic carbocycles. The molecule has 1 aliphatic rings. The molecule has 0 fully saturated rings. The number of halogens is 1. The highest BCUT2D eigenvalue weighted by Crippen LogP contribution is 2.32. The van der Waals surface area contributed by atoms with Crippen LogP contribution in [0.25, 0.3) is 0 Å². The van der Waals surface area contributed by atoms with Crippen LogP contribution in [0.5, 0.6) is 5.75 Å². The van der Waals surface area contributed by atoms with Gasteiger partial charge < -0.3 is 9.84 Å². The van der Waals surface area contributed by atoms with Crippen molar-refractivity contribution in [1.82, 2.24) is 0 Å². The second-order valence-corrected chi connectivity index (χ2v) is 4.21. The van der Waals surface area contributed by atoms with Crippen LogP contribution >= 0.6 is 15.9 Å². The Balaban J connectivity index is 2.14. The topological polar surface area (TPSA) is 46.5 Å². The maximum Gasteiger partial charge on any atom is 0.307 e. The molecule has 14 heavy (non-hydrogen) atoms. The van der Waals surface area contributed by atoms with Crippen LogP contribution in [0.3, 0.4) is 0 Å². The molecular weight excluding hydrogens is 248 g/mol. The first-order chi connectivity index (χ1) is 6.65. The Labute approximate surface area is 89.8 Å². The number of aliphatic carboxylic acids is 1. The first-order valence-electron chi connectivity index (χ1n) is 4.32. The molecule has 1 atom stereocenters. The van der Waals surface area contributed by atoms with Gasteiger partial charge >= 0.3 is 5.97 Å². The van der Waals surface area contributed by atoms with Crippen molar-refractivity contribution in [3.05, 3.63) is 28.2 Å². The lowest BCUT2D eigenvalue weighted by molar-refractivity contribution is -0.138. The van der Waals surface area contributed by atoms with E-state index in [1.54, 1.807) is 0 Å². The number of rotatable bonds is 2. The molecule has 0 unspecified atom stereocenters. The van der Waals surface area contributed by atoms with E-state index < -0.39 is 5.97 Å². The minimum Gasteiger partial charge on any atom is -0.489 e. The first kappa shape index (κ1) is 9.52. The Morgan fingerprint density at radius 1 is 1.64 bits per heavy atom. The molecule has 0 saturated heterocycles. The molecule has 1 aliphatic heterocycles. The second-order valence-electron chi connectivity index (χ2n) is 3.29. The molecule has 0 bridgehead atoms. The third-order valence-electron chi connectivity index (χ3n) is 2.17. The van der Waals surface area contributed by atoms with Crippen molar-refractivity contribution in [3.63, 3.8) is 0 Å². The molecule has 0 aromatic heterocycles. The molecule has 1 aromatic rings. The van der Waals surface area contributed by atoms with Crippen LogP contribution in [-0.2, 0) is 11.2 Å². The van der Waals surface area contributed by atoms with E-state index in [4.69, 9.17) is 9.84 Å². The summed E-state index contributed by atoms with van der Waals surface area (Å²) in [6.45, 7) is 0. The summed E-state index contributed by atoms with van der Waals surface area (Å²) in [6.07, 6.45) is 0.532. The van der Waals surface area contributed by atoms with Gasteiger partial charge in [-0.3, -0.25) is 4.79 Å². The number of hydrogen-bond acceptors (Lipinski definition) is 2. The van der Waals surface area contributed by atoms with E-state index in [0.29, 0.717) is 6.42 Å². The number of ether oxygens (including phenoxy) is 1. The number of fused-ring (bicyclic) bond motifs is 1. The van der Waals surface area contributed by atoms with Gasteiger partial charge in [0.2, 0.25) is 0 Å². The fourth-order valence-corrected chi connectivity index (χ4v) is 2.01. The average Bonchev–Trinajstić information content (AvgIpc) is 2.44. The zero-order valence-electron chi connectivity index (χ0n) is 7.37. The molecule has 0 saturated carbocycles. The van der Waals surface area contributed by atoms with Crippen LogP contribution in [0.1, 0.15) is 12.0 Å². The lowest BCUT2D eigenvalue weighted by Crippen LogP contribution is -2.17. The van der Waals surface area contributed by atoms with E-state index in [9.17, 15) is 4.79 Å². The van der Waals surface area contributed by atoms with E-state index in [0.717, 1.165) is 15.8 Å². The molecule has 1 aromatic carbocycles. The van der Waals surface area contributed by atoms with Crippen molar-refractivity contribution in [2.75, 3.05) is 0 Å². The van der Waals surface area contributed by atoms with E-state index in [1.165, 1.54) is 0 Å². The summed E-state index contributed by atoms with van der Waals surface area (Å²) in [7, 11) is 0.